The summed E-state index contributed by atoms with van der Waals surface area (Å²) in [5, 5.41) is 0. The molecule has 0 aliphatic carbocycles. The molecule has 0 N–H and O–H groups in total. The van der Waals surface area contributed by atoms with E-state index in [1.807, 2.05) is 103 Å². The maximum Gasteiger partial charge on any atom is 0.258 e. The number of anilines is 2. The van der Waals surface area contributed by atoms with E-state index in [0.717, 1.165) is 22.5 Å². The zero-order valence-corrected chi connectivity index (χ0v) is 17.6. The largest absolute Gasteiger partial charge is 0.309 e. The van der Waals surface area contributed by atoms with E-state index in [2.05, 4.69) is 0 Å². The lowest BCUT2D eigenvalue weighted by Crippen LogP contribution is -2.47. The van der Waals surface area contributed by atoms with Gasteiger partial charge < -0.3 is 9.80 Å². The molecule has 2 amide bonds. The maximum atomic E-state index is 13.7. The van der Waals surface area contributed by atoms with Crippen molar-refractivity contribution in [2.45, 2.75) is 39.3 Å². The van der Waals surface area contributed by atoms with Gasteiger partial charge in [-0.15, -0.1) is 0 Å². The molecular formula is C26H26N2O2. The molecule has 1 heterocycles. The van der Waals surface area contributed by atoms with Crippen LogP contribution in [-0.4, -0.2) is 17.9 Å². The summed E-state index contributed by atoms with van der Waals surface area (Å²) in [6.07, 6.45) is 0.670. The predicted octanol–water partition coefficient (Wildman–Crippen LogP) is 5.53. The Kier molecular flexibility index (Phi) is 5.40. The van der Waals surface area contributed by atoms with Crippen molar-refractivity contribution in [3.05, 3.63) is 95.6 Å². The van der Waals surface area contributed by atoms with E-state index < -0.39 is 0 Å². The van der Waals surface area contributed by atoms with Crippen LogP contribution in [0.25, 0.3) is 0 Å². The van der Waals surface area contributed by atoms with Gasteiger partial charge in [-0.25, -0.2) is 0 Å². The Morgan fingerprint density at radius 2 is 1.53 bits per heavy atom. The minimum atomic E-state index is -0.164. The second kappa shape index (κ2) is 8.15. The fraction of sp³-hybridized carbons (Fsp3) is 0.231. The van der Waals surface area contributed by atoms with Crippen molar-refractivity contribution < 1.29 is 9.59 Å². The first-order valence-corrected chi connectivity index (χ1v) is 10.3. The van der Waals surface area contributed by atoms with Crippen LogP contribution in [0.5, 0.6) is 0 Å². The average Bonchev–Trinajstić information content (AvgIpc) is 2.75. The smallest absolute Gasteiger partial charge is 0.258 e. The van der Waals surface area contributed by atoms with Gasteiger partial charge in [-0.1, -0.05) is 54.1 Å². The van der Waals surface area contributed by atoms with Gasteiger partial charge in [0.05, 0.1) is 6.04 Å². The van der Waals surface area contributed by atoms with Crippen LogP contribution >= 0.6 is 0 Å². The number of hydrogen-bond acceptors (Lipinski definition) is 2. The molecule has 0 unspecified atom stereocenters. The molecule has 0 saturated carbocycles. The Morgan fingerprint density at radius 3 is 2.20 bits per heavy atom. The summed E-state index contributed by atoms with van der Waals surface area (Å²) in [6, 6.07) is 25.2. The van der Waals surface area contributed by atoms with Crippen LogP contribution in [0.3, 0.4) is 0 Å². The van der Waals surface area contributed by atoms with Gasteiger partial charge in [0.1, 0.15) is 0 Å². The lowest BCUT2D eigenvalue weighted by Gasteiger charge is -2.43. The molecule has 4 nitrogen and oxygen atoms in total. The monoisotopic (exact) mass is 398 g/mol. The highest BCUT2D eigenvalue weighted by molar-refractivity contribution is 6.07. The maximum absolute atomic E-state index is 13.7. The Bertz CT molecular complexity index is 1060. The number of amides is 2. The molecule has 2 atom stereocenters. The summed E-state index contributed by atoms with van der Waals surface area (Å²) in [6.45, 7) is 5.66. The van der Waals surface area contributed by atoms with Crippen molar-refractivity contribution in [1.82, 2.24) is 0 Å². The summed E-state index contributed by atoms with van der Waals surface area (Å²) in [7, 11) is 0. The quantitative estimate of drug-likeness (QED) is 0.582. The lowest BCUT2D eigenvalue weighted by molar-refractivity contribution is -0.117. The summed E-state index contributed by atoms with van der Waals surface area (Å²) >= 11 is 0. The van der Waals surface area contributed by atoms with E-state index in [4.69, 9.17) is 0 Å². The molecule has 0 bridgehead atoms. The first-order valence-electron chi connectivity index (χ1n) is 10.3. The highest BCUT2D eigenvalue weighted by Crippen LogP contribution is 2.42. The molecular weight excluding hydrogens is 372 g/mol. The van der Waals surface area contributed by atoms with Gasteiger partial charge in [-0.3, -0.25) is 9.59 Å². The number of rotatable bonds is 3. The molecule has 0 spiro atoms. The summed E-state index contributed by atoms with van der Waals surface area (Å²) in [4.78, 5) is 29.8. The summed E-state index contributed by atoms with van der Waals surface area (Å²) in [5.74, 6) is -0.0194. The zero-order chi connectivity index (χ0) is 21.3. The zero-order valence-electron chi connectivity index (χ0n) is 17.6. The third kappa shape index (κ3) is 3.61. The summed E-state index contributed by atoms with van der Waals surface area (Å²) in [5.41, 5.74) is 4.50. The number of nitrogens with zero attached hydrogens (tertiary/aromatic N) is 2. The fourth-order valence-corrected chi connectivity index (χ4v) is 4.37. The highest BCUT2D eigenvalue weighted by Gasteiger charge is 2.37. The molecule has 0 aromatic heterocycles. The van der Waals surface area contributed by atoms with Gasteiger partial charge in [0, 0.05) is 29.9 Å². The normalized spacial score (nSPS) is 17.9. The molecule has 152 valence electrons. The highest BCUT2D eigenvalue weighted by atomic mass is 16.2. The van der Waals surface area contributed by atoms with Crippen LogP contribution in [0, 0.1) is 6.92 Å². The molecule has 1 aliphatic heterocycles. The van der Waals surface area contributed by atoms with E-state index in [0.29, 0.717) is 12.0 Å². The second-order valence-electron chi connectivity index (χ2n) is 7.93. The van der Waals surface area contributed by atoms with Crippen molar-refractivity contribution in [2.24, 2.45) is 0 Å². The molecule has 4 rings (SSSR count). The number of hydrogen-bond donors (Lipinski definition) is 0. The molecule has 3 aromatic rings. The molecule has 30 heavy (non-hydrogen) atoms. The number of aryl methyl sites for hydroxylation is 1. The van der Waals surface area contributed by atoms with E-state index in [9.17, 15) is 9.59 Å². The molecule has 0 fully saturated rings. The van der Waals surface area contributed by atoms with E-state index in [-0.39, 0.29) is 23.9 Å². The summed E-state index contributed by atoms with van der Waals surface area (Å²) < 4.78 is 0. The number of benzene rings is 3. The Hall–Kier alpha value is -3.40. The average molecular weight is 399 g/mol. The Morgan fingerprint density at radius 1 is 0.900 bits per heavy atom. The molecule has 4 heteroatoms. The predicted molar refractivity (Wildman–Crippen MR) is 121 cm³/mol. The van der Waals surface area contributed by atoms with Crippen molar-refractivity contribution in [3.63, 3.8) is 0 Å². The van der Waals surface area contributed by atoms with Gasteiger partial charge in [0.2, 0.25) is 5.91 Å². The van der Waals surface area contributed by atoms with E-state index in [1.54, 1.807) is 6.92 Å². The van der Waals surface area contributed by atoms with Crippen molar-refractivity contribution in [3.8, 4) is 0 Å². The third-order valence-electron chi connectivity index (χ3n) is 5.76. The van der Waals surface area contributed by atoms with Crippen LogP contribution in [0.2, 0.25) is 0 Å². The number of carbonyl (C=O) groups is 2. The minimum Gasteiger partial charge on any atom is -0.309 e. The standard InChI is InChI=1S/C26H26N2O2/c1-18-13-15-21(16-14-18)26(30)28(22-9-5-4-6-10-22)25-17-19(2)27(20(3)29)24-12-8-7-11-23(24)25/h4-16,19,25H,17H2,1-3H3/t19-,25-/m0/s1. The van der Waals surface area contributed by atoms with Crippen molar-refractivity contribution >= 4 is 23.2 Å². The SMILES string of the molecule is CC(=O)N1c2ccccc2[C@@H](N(C(=O)c2ccc(C)cc2)c2ccccc2)C[C@@H]1C. The molecule has 1 aliphatic rings. The van der Waals surface area contributed by atoms with Gasteiger partial charge in [-0.05, 0) is 56.2 Å². The van der Waals surface area contributed by atoms with E-state index in [1.165, 1.54) is 0 Å². The van der Waals surface area contributed by atoms with Gasteiger partial charge in [-0.2, -0.15) is 0 Å². The van der Waals surface area contributed by atoms with Gasteiger partial charge in [0.15, 0.2) is 0 Å². The molecule has 0 radical (unpaired) electrons. The first-order chi connectivity index (χ1) is 14.5. The van der Waals surface area contributed by atoms with Crippen LogP contribution in [0.4, 0.5) is 11.4 Å². The third-order valence-corrected chi connectivity index (χ3v) is 5.76. The molecule has 3 aromatic carbocycles. The van der Waals surface area contributed by atoms with Gasteiger partial charge >= 0.3 is 0 Å². The fourth-order valence-electron chi connectivity index (χ4n) is 4.37. The van der Waals surface area contributed by atoms with Crippen molar-refractivity contribution in [2.75, 3.05) is 9.80 Å². The van der Waals surface area contributed by atoms with Crippen LogP contribution in [-0.2, 0) is 4.79 Å². The minimum absolute atomic E-state index is 0.0144. The number of para-hydroxylation sites is 2. The topological polar surface area (TPSA) is 40.6 Å². The van der Waals surface area contributed by atoms with Gasteiger partial charge in [0.25, 0.3) is 5.91 Å². The van der Waals surface area contributed by atoms with E-state index >= 15 is 0 Å². The molecule has 0 saturated heterocycles. The Balaban J connectivity index is 1.85. The van der Waals surface area contributed by atoms with Crippen molar-refractivity contribution in [1.29, 1.82) is 0 Å². The second-order valence-corrected chi connectivity index (χ2v) is 7.93. The lowest BCUT2D eigenvalue weighted by atomic mass is 9.89. The number of carbonyl (C=O) groups excluding carboxylic acids is 2. The van der Waals surface area contributed by atoms with Crippen LogP contribution in [0.1, 0.15) is 47.8 Å². The van der Waals surface area contributed by atoms with Crippen LogP contribution in [0.15, 0.2) is 78.9 Å². The van der Waals surface area contributed by atoms with Crippen LogP contribution < -0.4 is 9.80 Å². The first kappa shape index (κ1) is 19.9. The Labute approximate surface area is 177 Å². The number of fused-ring (bicyclic) bond motifs is 1.